The van der Waals surface area contributed by atoms with Gasteiger partial charge in [-0.25, -0.2) is 0 Å². The summed E-state index contributed by atoms with van der Waals surface area (Å²) < 4.78 is 0. The van der Waals surface area contributed by atoms with Gasteiger partial charge in [-0.05, 0) is 75.4 Å². The molecule has 3 aliphatic rings. The summed E-state index contributed by atoms with van der Waals surface area (Å²) in [7, 11) is 0. The second-order valence-electron chi connectivity index (χ2n) is 6.80. The molecule has 0 saturated heterocycles. The maximum Gasteiger partial charge on any atom is -0.00907 e. The molecule has 2 atom stereocenters. The summed E-state index contributed by atoms with van der Waals surface area (Å²) in [5.74, 6) is 1.90. The zero-order valence-electron chi connectivity index (χ0n) is 12.2. The third kappa shape index (κ3) is 2.08. The summed E-state index contributed by atoms with van der Waals surface area (Å²) in [5, 5.41) is 0. The van der Waals surface area contributed by atoms with Gasteiger partial charge in [-0.15, -0.1) is 0 Å². The van der Waals surface area contributed by atoms with Gasteiger partial charge < -0.3 is 0 Å². The minimum absolute atomic E-state index is 0.952. The largest absolute Gasteiger partial charge is 0.0695 e. The molecule has 2 unspecified atom stereocenters. The Kier molecular flexibility index (Phi) is 3.63. The Balaban J connectivity index is 1.96. The molecule has 0 heterocycles. The Hall–Kier alpha value is -0.520. The van der Waals surface area contributed by atoms with E-state index in [1.807, 2.05) is 11.1 Å². The van der Waals surface area contributed by atoms with Gasteiger partial charge in [-0.2, -0.15) is 0 Å². The second kappa shape index (κ2) is 5.23. The number of hydrogen-bond donors (Lipinski definition) is 0. The van der Waals surface area contributed by atoms with Crippen LogP contribution in [-0.2, 0) is 0 Å². The third-order valence-corrected chi connectivity index (χ3v) is 5.57. The van der Waals surface area contributed by atoms with E-state index in [-0.39, 0.29) is 0 Å². The highest BCUT2D eigenvalue weighted by Gasteiger charge is 2.42. The zero-order chi connectivity index (χ0) is 12.5. The topological polar surface area (TPSA) is 0 Å². The highest BCUT2D eigenvalue weighted by atomic mass is 14.5. The van der Waals surface area contributed by atoms with Gasteiger partial charge in [0.1, 0.15) is 0 Å². The molecular formula is C18H28. The maximum absolute atomic E-state index is 2.42. The standard InChI is InChI=1S/C18H28/c1-13-9-5-3-7-11-15-16-12-8-4-6-10-14(2)18(16)17(13)15/h15-16H,3-12H2,1-2H3/b17-13+,18-14+. The third-order valence-electron chi connectivity index (χ3n) is 5.57. The van der Waals surface area contributed by atoms with E-state index in [1.54, 1.807) is 11.1 Å². The van der Waals surface area contributed by atoms with E-state index in [4.69, 9.17) is 0 Å². The first kappa shape index (κ1) is 12.5. The summed E-state index contributed by atoms with van der Waals surface area (Å²) in [6.45, 7) is 4.84. The van der Waals surface area contributed by atoms with Gasteiger partial charge in [0.05, 0.1) is 0 Å². The SMILES string of the molecule is C/C1=C2\C3=C(/C)CCCCCC3C2CCCCC1. The van der Waals surface area contributed by atoms with E-state index < -0.39 is 0 Å². The summed E-state index contributed by atoms with van der Waals surface area (Å²) in [5.41, 5.74) is 7.15. The molecule has 3 aliphatic carbocycles. The lowest BCUT2D eigenvalue weighted by Crippen LogP contribution is -2.35. The van der Waals surface area contributed by atoms with Crippen LogP contribution in [0.1, 0.15) is 78.1 Å². The van der Waals surface area contributed by atoms with Crippen molar-refractivity contribution >= 4 is 0 Å². The summed E-state index contributed by atoms with van der Waals surface area (Å²) in [6, 6.07) is 0. The Morgan fingerprint density at radius 2 is 1.06 bits per heavy atom. The fourth-order valence-corrected chi connectivity index (χ4v) is 4.62. The molecule has 1 saturated carbocycles. The smallest absolute Gasteiger partial charge is 0.00907 e. The Labute approximate surface area is 113 Å². The number of fused-ring (bicyclic) bond motifs is 4. The molecule has 0 spiro atoms. The van der Waals surface area contributed by atoms with Crippen molar-refractivity contribution in [3.05, 3.63) is 22.3 Å². The van der Waals surface area contributed by atoms with Gasteiger partial charge in [-0.3, -0.25) is 0 Å². The number of allylic oxidation sites excluding steroid dienone is 4. The normalized spacial score (nSPS) is 41.7. The van der Waals surface area contributed by atoms with Crippen molar-refractivity contribution in [1.29, 1.82) is 0 Å². The molecular weight excluding hydrogens is 216 g/mol. The first-order chi connectivity index (χ1) is 8.79. The molecule has 0 amide bonds. The fraction of sp³-hybridized carbons (Fsp3) is 0.778. The molecule has 0 aromatic heterocycles. The Bertz CT molecular complexity index is 345. The molecule has 0 N–H and O–H groups in total. The summed E-state index contributed by atoms with van der Waals surface area (Å²) >= 11 is 0. The average Bonchev–Trinajstić information content (AvgIpc) is 2.31. The molecule has 0 bridgehead atoms. The lowest BCUT2D eigenvalue weighted by atomic mass is 9.57. The van der Waals surface area contributed by atoms with Crippen LogP contribution in [0.3, 0.4) is 0 Å². The molecule has 3 rings (SSSR count). The van der Waals surface area contributed by atoms with Gasteiger partial charge in [0.25, 0.3) is 0 Å². The van der Waals surface area contributed by atoms with Crippen LogP contribution in [0.15, 0.2) is 22.3 Å². The van der Waals surface area contributed by atoms with E-state index in [0.717, 1.165) is 11.8 Å². The van der Waals surface area contributed by atoms with Gasteiger partial charge in [0, 0.05) is 0 Å². The first-order valence-corrected chi connectivity index (χ1v) is 8.18. The van der Waals surface area contributed by atoms with Gasteiger partial charge in [0.15, 0.2) is 0 Å². The number of hydrogen-bond acceptors (Lipinski definition) is 0. The Morgan fingerprint density at radius 1 is 0.611 bits per heavy atom. The molecule has 0 aliphatic heterocycles. The van der Waals surface area contributed by atoms with Crippen molar-refractivity contribution in [3.8, 4) is 0 Å². The minimum atomic E-state index is 0.952. The quantitative estimate of drug-likeness (QED) is 0.505. The highest BCUT2D eigenvalue weighted by molar-refractivity contribution is 5.51. The first-order valence-electron chi connectivity index (χ1n) is 8.18. The molecule has 0 aromatic rings. The molecule has 100 valence electrons. The second-order valence-corrected chi connectivity index (χ2v) is 6.80. The van der Waals surface area contributed by atoms with Crippen LogP contribution in [0.25, 0.3) is 0 Å². The summed E-state index contributed by atoms with van der Waals surface area (Å²) in [6.07, 6.45) is 14.4. The molecule has 18 heavy (non-hydrogen) atoms. The van der Waals surface area contributed by atoms with Crippen molar-refractivity contribution in [2.45, 2.75) is 78.1 Å². The van der Waals surface area contributed by atoms with Crippen LogP contribution in [0.5, 0.6) is 0 Å². The van der Waals surface area contributed by atoms with Crippen molar-refractivity contribution in [1.82, 2.24) is 0 Å². The van der Waals surface area contributed by atoms with E-state index >= 15 is 0 Å². The maximum atomic E-state index is 2.42. The average molecular weight is 244 g/mol. The lowest BCUT2D eigenvalue weighted by Gasteiger charge is -2.47. The highest BCUT2D eigenvalue weighted by Crippen LogP contribution is 2.55. The van der Waals surface area contributed by atoms with E-state index in [0.29, 0.717) is 0 Å². The van der Waals surface area contributed by atoms with Crippen LogP contribution >= 0.6 is 0 Å². The van der Waals surface area contributed by atoms with Crippen molar-refractivity contribution in [3.63, 3.8) is 0 Å². The number of rotatable bonds is 0. The van der Waals surface area contributed by atoms with Gasteiger partial charge in [0.2, 0.25) is 0 Å². The minimum Gasteiger partial charge on any atom is -0.0695 e. The van der Waals surface area contributed by atoms with Crippen molar-refractivity contribution < 1.29 is 0 Å². The van der Waals surface area contributed by atoms with Crippen LogP contribution in [0, 0.1) is 11.8 Å². The predicted molar refractivity (Wildman–Crippen MR) is 78.6 cm³/mol. The Morgan fingerprint density at radius 3 is 1.50 bits per heavy atom. The van der Waals surface area contributed by atoms with E-state index in [9.17, 15) is 0 Å². The zero-order valence-corrected chi connectivity index (χ0v) is 12.2. The van der Waals surface area contributed by atoms with Crippen LogP contribution < -0.4 is 0 Å². The van der Waals surface area contributed by atoms with Crippen LogP contribution in [-0.4, -0.2) is 0 Å². The molecule has 0 heteroatoms. The fourth-order valence-electron chi connectivity index (χ4n) is 4.62. The molecule has 0 radical (unpaired) electrons. The van der Waals surface area contributed by atoms with Gasteiger partial charge >= 0.3 is 0 Å². The van der Waals surface area contributed by atoms with E-state index in [2.05, 4.69) is 13.8 Å². The molecule has 1 fully saturated rings. The molecule has 0 nitrogen and oxygen atoms in total. The van der Waals surface area contributed by atoms with Crippen molar-refractivity contribution in [2.75, 3.05) is 0 Å². The van der Waals surface area contributed by atoms with Gasteiger partial charge in [-0.1, -0.05) is 36.8 Å². The predicted octanol–water partition coefficient (Wildman–Crippen LogP) is 5.79. The van der Waals surface area contributed by atoms with Crippen LogP contribution in [0.2, 0.25) is 0 Å². The monoisotopic (exact) mass is 244 g/mol. The molecule has 0 aromatic carbocycles. The van der Waals surface area contributed by atoms with Crippen LogP contribution in [0.4, 0.5) is 0 Å². The lowest BCUT2D eigenvalue weighted by molar-refractivity contribution is 0.286. The van der Waals surface area contributed by atoms with E-state index in [1.165, 1.54) is 64.2 Å². The summed E-state index contributed by atoms with van der Waals surface area (Å²) in [4.78, 5) is 0. The van der Waals surface area contributed by atoms with Crippen molar-refractivity contribution in [2.24, 2.45) is 11.8 Å².